The van der Waals surface area contributed by atoms with Gasteiger partial charge >= 0.3 is 0 Å². The summed E-state index contributed by atoms with van der Waals surface area (Å²) in [5, 5.41) is 1.86. The van der Waals surface area contributed by atoms with Crippen LogP contribution in [0.5, 0.6) is 0 Å². The first-order valence-electron chi connectivity index (χ1n) is 8.26. The summed E-state index contributed by atoms with van der Waals surface area (Å²) in [5.41, 5.74) is 7.49. The third-order valence-corrected chi connectivity index (χ3v) is 6.50. The highest BCUT2D eigenvalue weighted by atomic mass is 32.2. The van der Waals surface area contributed by atoms with Crippen LogP contribution in [0.4, 0.5) is 5.82 Å². The Morgan fingerprint density at radius 3 is 2.87 bits per heavy atom. The Kier molecular flexibility index (Phi) is 4.85. The van der Waals surface area contributed by atoms with Crippen molar-refractivity contribution in [2.24, 2.45) is 5.92 Å². The van der Waals surface area contributed by atoms with Gasteiger partial charge in [0.25, 0.3) is 0 Å². The average molecular weight is 352 g/mol. The summed E-state index contributed by atoms with van der Waals surface area (Å²) in [4.78, 5) is 11.6. The molecule has 0 aromatic carbocycles. The lowest BCUT2D eigenvalue weighted by molar-refractivity contribution is -0.0542. The Labute approximate surface area is 146 Å². The van der Waals surface area contributed by atoms with Crippen LogP contribution in [0.1, 0.15) is 51.0 Å². The van der Waals surface area contributed by atoms with Crippen LogP contribution in [0.2, 0.25) is 0 Å². The third kappa shape index (κ3) is 3.49. The van der Waals surface area contributed by atoms with Crippen molar-refractivity contribution in [2.45, 2.75) is 64.3 Å². The van der Waals surface area contributed by atoms with E-state index >= 15 is 0 Å². The standard InChI is InChI=1S/C17H25N3OS2/c1-5-17(4)8-11-12(9-21-17)23-15-13(11)14(18)19-16(20-15)22-7-6-10(2)3/h10H,5-9H2,1-4H3,(H2,18,19,20)/t17-/m0/s1. The van der Waals surface area contributed by atoms with E-state index in [4.69, 9.17) is 15.5 Å². The lowest BCUT2D eigenvalue weighted by Crippen LogP contribution is -2.33. The first-order chi connectivity index (χ1) is 10.9. The molecule has 3 heterocycles. The predicted molar refractivity (Wildman–Crippen MR) is 99.2 cm³/mol. The van der Waals surface area contributed by atoms with Crippen molar-refractivity contribution < 1.29 is 4.74 Å². The quantitative estimate of drug-likeness (QED) is 0.627. The van der Waals surface area contributed by atoms with Crippen molar-refractivity contribution in [1.82, 2.24) is 9.97 Å². The largest absolute Gasteiger partial charge is 0.383 e. The number of hydrogen-bond acceptors (Lipinski definition) is 6. The van der Waals surface area contributed by atoms with Gasteiger partial charge in [0.05, 0.1) is 17.6 Å². The van der Waals surface area contributed by atoms with Gasteiger partial charge < -0.3 is 10.5 Å². The van der Waals surface area contributed by atoms with Crippen molar-refractivity contribution in [3.63, 3.8) is 0 Å². The van der Waals surface area contributed by atoms with Crippen LogP contribution in [0.15, 0.2) is 5.16 Å². The summed E-state index contributed by atoms with van der Waals surface area (Å²) >= 11 is 3.41. The van der Waals surface area contributed by atoms with E-state index in [-0.39, 0.29) is 5.60 Å². The van der Waals surface area contributed by atoms with E-state index in [1.807, 2.05) is 0 Å². The van der Waals surface area contributed by atoms with Crippen LogP contribution >= 0.6 is 23.1 Å². The maximum absolute atomic E-state index is 6.29. The maximum atomic E-state index is 6.29. The monoisotopic (exact) mass is 351 g/mol. The Hall–Kier alpha value is -0.850. The van der Waals surface area contributed by atoms with Crippen LogP contribution in [0.25, 0.3) is 10.2 Å². The highest BCUT2D eigenvalue weighted by molar-refractivity contribution is 7.99. The first-order valence-corrected chi connectivity index (χ1v) is 10.1. The maximum Gasteiger partial charge on any atom is 0.190 e. The van der Waals surface area contributed by atoms with Gasteiger partial charge in [-0.05, 0) is 31.2 Å². The number of ether oxygens (including phenoxy) is 1. The smallest absolute Gasteiger partial charge is 0.190 e. The summed E-state index contributed by atoms with van der Waals surface area (Å²) < 4.78 is 6.05. The molecule has 2 aromatic heterocycles. The number of nitrogens with two attached hydrogens (primary N) is 1. The van der Waals surface area contributed by atoms with Gasteiger partial charge in [0.1, 0.15) is 10.6 Å². The molecule has 6 heteroatoms. The molecule has 0 radical (unpaired) electrons. The first kappa shape index (κ1) is 17.0. The number of fused-ring (bicyclic) bond motifs is 3. The molecule has 3 rings (SSSR count). The van der Waals surface area contributed by atoms with Crippen LogP contribution in [-0.4, -0.2) is 21.3 Å². The van der Waals surface area contributed by atoms with Gasteiger partial charge in [0.15, 0.2) is 5.16 Å². The third-order valence-electron chi connectivity index (χ3n) is 4.52. The minimum Gasteiger partial charge on any atom is -0.383 e. The van der Waals surface area contributed by atoms with E-state index in [1.165, 1.54) is 10.4 Å². The number of nitrogen functional groups attached to an aromatic ring is 1. The molecule has 0 bridgehead atoms. The van der Waals surface area contributed by atoms with E-state index in [1.54, 1.807) is 23.1 Å². The topological polar surface area (TPSA) is 61.0 Å². The van der Waals surface area contributed by atoms with Crippen LogP contribution in [-0.2, 0) is 17.8 Å². The van der Waals surface area contributed by atoms with E-state index in [0.29, 0.717) is 18.3 Å². The number of nitrogens with zero attached hydrogens (tertiary/aromatic N) is 2. The molecule has 0 amide bonds. The molecule has 0 aliphatic carbocycles. The summed E-state index contributed by atoms with van der Waals surface area (Å²) in [6.45, 7) is 9.47. The van der Waals surface area contributed by atoms with E-state index in [0.717, 1.165) is 40.4 Å². The van der Waals surface area contributed by atoms with Crippen molar-refractivity contribution in [3.05, 3.63) is 10.4 Å². The minimum absolute atomic E-state index is 0.0991. The van der Waals surface area contributed by atoms with Gasteiger partial charge in [-0.2, -0.15) is 0 Å². The highest BCUT2D eigenvalue weighted by Gasteiger charge is 2.32. The van der Waals surface area contributed by atoms with Crippen LogP contribution in [0.3, 0.4) is 0 Å². The van der Waals surface area contributed by atoms with Crippen molar-refractivity contribution in [2.75, 3.05) is 11.5 Å². The number of thiophene rings is 1. The molecule has 2 N–H and O–H groups in total. The molecule has 0 unspecified atom stereocenters. The zero-order valence-electron chi connectivity index (χ0n) is 14.3. The highest BCUT2D eigenvalue weighted by Crippen LogP contribution is 2.41. The predicted octanol–water partition coefficient (Wildman–Crippen LogP) is 4.65. The van der Waals surface area contributed by atoms with Crippen molar-refractivity contribution in [1.29, 1.82) is 0 Å². The zero-order valence-corrected chi connectivity index (χ0v) is 15.9. The van der Waals surface area contributed by atoms with E-state index in [9.17, 15) is 0 Å². The summed E-state index contributed by atoms with van der Waals surface area (Å²) in [6, 6.07) is 0. The summed E-state index contributed by atoms with van der Waals surface area (Å²) in [7, 11) is 0. The summed E-state index contributed by atoms with van der Waals surface area (Å²) in [5.74, 6) is 2.35. The second-order valence-electron chi connectivity index (χ2n) is 6.88. The van der Waals surface area contributed by atoms with Gasteiger partial charge in [0.2, 0.25) is 0 Å². The number of hydrogen-bond donors (Lipinski definition) is 1. The molecule has 1 atom stereocenters. The van der Waals surface area contributed by atoms with Crippen molar-refractivity contribution >= 4 is 39.1 Å². The number of anilines is 1. The van der Waals surface area contributed by atoms with E-state index < -0.39 is 0 Å². The molecule has 0 spiro atoms. The van der Waals surface area contributed by atoms with Crippen LogP contribution in [0, 0.1) is 5.92 Å². The van der Waals surface area contributed by atoms with Gasteiger partial charge in [-0.15, -0.1) is 11.3 Å². The summed E-state index contributed by atoms with van der Waals surface area (Å²) in [6.07, 6.45) is 3.05. The molecular weight excluding hydrogens is 326 g/mol. The normalized spacial score (nSPS) is 21.1. The average Bonchev–Trinajstić information content (AvgIpc) is 2.84. The molecule has 4 nitrogen and oxygen atoms in total. The molecule has 1 aliphatic heterocycles. The molecule has 2 aromatic rings. The Morgan fingerprint density at radius 1 is 1.39 bits per heavy atom. The molecule has 126 valence electrons. The van der Waals surface area contributed by atoms with Gasteiger partial charge in [0, 0.05) is 17.1 Å². The van der Waals surface area contributed by atoms with E-state index in [2.05, 4.69) is 32.7 Å². The number of aromatic nitrogens is 2. The van der Waals surface area contributed by atoms with Gasteiger partial charge in [-0.1, -0.05) is 32.5 Å². The minimum atomic E-state index is -0.0991. The van der Waals surface area contributed by atoms with Gasteiger partial charge in [-0.25, -0.2) is 9.97 Å². The fourth-order valence-corrected chi connectivity index (χ4v) is 5.02. The second kappa shape index (κ2) is 6.57. The molecule has 23 heavy (non-hydrogen) atoms. The SMILES string of the molecule is CC[C@@]1(C)Cc2c(sc3nc(SCCC(C)C)nc(N)c23)CO1. The molecule has 0 saturated heterocycles. The Morgan fingerprint density at radius 2 is 2.17 bits per heavy atom. The van der Waals surface area contributed by atoms with Crippen LogP contribution < -0.4 is 5.73 Å². The Bertz CT molecular complexity index is 713. The lowest BCUT2D eigenvalue weighted by atomic mass is 9.90. The molecule has 1 aliphatic rings. The molecule has 0 fully saturated rings. The fourth-order valence-electron chi connectivity index (χ4n) is 2.76. The number of rotatable bonds is 5. The zero-order chi connectivity index (χ0) is 16.6. The van der Waals surface area contributed by atoms with Gasteiger partial charge in [-0.3, -0.25) is 0 Å². The van der Waals surface area contributed by atoms with Crippen molar-refractivity contribution in [3.8, 4) is 0 Å². The second-order valence-corrected chi connectivity index (χ2v) is 9.02. The molecular formula is C17H25N3OS2. The number of thioether (sulfide) groups is 1. The Balaban J connectivity index is 1.91. The lowest BCUT2D eigenvalue weighted by Gasteiger charge is -2.33. The molecule has 0 saturated carbocycles. The fraction of sp³-hybridized carbons (Fsp3) is 0.647.